The zero-order chi connectivity index (χ0) is 15.4. The first-order chi connectivity index (χ1) is 10.8. The third kappa shape index (κ3) is 3.19. The van der Waals surface area contributed by atoms with Crippen molar-refractivity contribution in [2.45, 2.75) is 26.3 Å². The topological polar surface area (TPSA) is 78.3 Å². The average Bonchev–Trinajstić information content (AvgIpc) is 3.15. The molecule has 1 amide bonds. The molecule has 0 spiro atoms. The normalized spacial score (nSPS) is 12.4. The molecule has 3 rings (SSSR count). The van der Waals surface area contributed by atoms with Crippen LogP contribution in [-0.4, -0.2) is 34.0 Å². The van der Waals surface area contributed by atoms with Gasteiger partial charge < -0.3 is 19.4 Å². The Balaban J connectivity index is 1.48. The van der Waals surface area contributed by atoms with E-state index in [1.165, 1.54) is 0 Å². The van der Waals surface area contributed by atoms with Crippen molar-refractivity contribution in [3.05, 3.63) is 35.9 Å². The van der Waals surface area contributed by atoms with Crippen LogP contribution in [0.3, 0.4) is 0 Å². The molecule has 0 atom stereocenters. The molecule has 0 bridgehead atoms. The fraction of sp³-hybridized carbons (Fsp3) is 0.400. The number of nitrogens with zero attached hydrogens (tertiary/aromatic N) is 3. The highest BCUT2D eigenvalue weighted by atomic mass is 16.7. The molecule has 0 saturated heterocycles. The van der Waals surface area contributed by atoms with Gasteiger partial charge in [0.25, 0.3) is 0 Å². The zero-order valence-electron chi connectivity index (χ0n) is 12.4. The highest BCUT2D eigenvalue weighted by molar-refractivity contribution is 5.78. The van der Waals surface area contributed by atoms with Crippen LogP contribution in [0.4, 0.5) is 0 Å². The predicted octanol–water partition coefficient (Wildman–Crippen LogP) is 0.928. The van der Waals surface area contributed by atoms with Crippen molar-refractivity contribution in [3.8, 4) is 11.5 Å². The summed E-state index contributed by atoms with van der Waals surface area (Å²) in [4.78, 5) is 12.0. The van der Waals surface area contributed by atoms with Crippen LogP contribution in [0, 0.1) is 0 Å². The van der Waals surface area contributed by atoms with E-state index in [-0.39, 0.29) is 12.7 Å². The molecule has 7 heteroatoms. The van der Waals surface area contributed by atoms with Crippen molar-refractivity contribution in [1.82, 2.24) is 20.1 Å². The summed E-state index contributed by atoms with van der Waals surface area (Å²) < 4.78 is 12.5. The molecule has 2 heterocycles. The molecule has 0 fully saturated rings. The predicted molar refractivity (Wildman–Crippen MR) is 78.7 cm³/mol. The quantitative estimate of drug-likeness (QED) is 0.859. The van der Waals surface area contributed by atoms with Crippen LogP contribution in [0.2, 0.25) is 0 Å². The highest BCUT2D eigenvalue weighted by Crippen LogP contribution is 2.32. The standard InChI is InChI=1S/C15H18N4O3/c1-2-19-9-17-18-14(19)5-6-16-15(20)8-11-3-4-12-13(7-11)22-10-21-12/h3-4,7,9H,2,5-6,8,10H2,1H3,(H,16,20). The fourth-order valence-corrected chi connectivity index (χ4v) is 2.35. The van der Waals surface area contributed by atoms with Gasteiger partial charge in [0.05, 0.1) is 6.42 Å². The minimum Gasteiger partial charge on any atom is -0.454 e. The summed E-state index contributed by atoms with van der Waals surface area (Å²) in [7, 11) is 0. The lowest BCUT2D eigenvalue weighted by atomic mass is 10.1. The maximum Gasteiger partial charge on any atom is 0.231 e. The Morgan fingerprint density at radius 1 is 1.36 bits per heavy atom. The lowest BCUT2D eigenvalue weighted by Gasteiger charge is -2.06. The van der Waals surface area contributed by atoms with E-state index in [9.17, 15) is 4.79 Å². The van der Waals surface area contributed by atoms with Gasteiger partial charge in [-0.15, -0.1) is 10.2 Å². The number of benzene rings is 1. The third-order valence-electron chi connectivity index (χ3n) is 3.51. The Hall–Kier alpha value is -2.57. The molecule has 1 aromatic heterocycles. The summed E-state index contributed by atoms with van der Waals surface area (Å²) in [5.74, 6) is 2.27. The lowest BCUT2D eigenvalue weighted by Crippen LogP contribution is -2.27. The number of ether oxygens (including phenoxy) is 2. The summed E-state index contributed by atoms with van der Waals surface area (Å²) in [6, 6.07) is 5.55. The van der Waals surface area contributed by atoms with Gasteiger partial charge in [-0.1, -0.05) is 6.07 Å². The SMILES string of the molecule is CCn1cnnc1CCNC(=O)Cc1ccc2c(c1)OCO2. The van der Waals surface area contributed by atoms with E-state index in [2.05, 4.69) is 15.5 Å². The van der Waals surface area contributed by atoms with Crippen molar-refractivity contribution in [2.24, 2.45) is 0 Å². The second-order valence-corrected chi connectivity index (χ2v) is 5.00. The molecule has 1 N–H and O–H groups in total. The molecule has 7 nitrogen and oxygen atoms in total. The number of rotatable bonds is 6. The molecular weight excluding hydrogens is 284 g/mol. The number of hydrogen-bond donors (Lipinski definition) is 1. The minimum atomic E-state index is -0.0265. The van der Waals surface area contributed by atoms with Crippen LogP contribution in [0.1, 0.15) is 18.3 Å². The molecule has 0 radical (unpaired) electrons. The van der Waals surface area contributed by atoms with E-state index in [0.29, 0.717) is 25.1 Å². The molecule has 1 aliphatic rings. The maximum atomic E-state index is 12.0. The van der Waals surface area contributed by atoms with E-state index in [4.69, 9.17) is 9.47 Å². The van der Waals surface area contributed by atoms with Gasteiger partial charge in [-0.05, 0) is 24.6 Å². The van der Waals surface area contributed by atoms with Crippen molar-refractivity contribution >= 4 is 5.91 Å². The summed E-state index contributed by atoms with van der Waals surface area (Å²) in [5, 5.41) is 10.8. The van der Waals surface area contributed by atoms with Gasteiger partial charge in [0.15, 0.2) is 11.5 Å². The first-order valence-electron chi connectivity index (χ1n) is 7.28. The van der Waals surface area contributed by atoms with Crippen LogP contribution in [-0.2, 0) is 24.2 Å². The summed E-state index contributed by atoms with van der Waals surface area (Å²) in [6.45, 7) is 3.64. The zero-order valence-corrected chi connectivity index (χ0v) is 12.4. The smallest absolute Gasteiger partial charge is 0.231 e. The number of hydrogen-bond acceptors (Lipinski definition) is 5. The van der Waals surface area contributed by atoms with E-state index >= 15 is 0 Å². The molecule has 1 aromatic carbocycles. The van der Waals surface area contributed by atoms with Gasteiger partial charge >= 0.3 is 0 Å². The molecule has 22 heavy (non-hydrogen) atoms. The Bertz CT molecular complexity index is 669. The molecule has 0 saturated carbocycles. The van der Waals surface area contributed by atoms with E-state index < -0.39 is 0 Å². The van der Waals surface area contributed by atoms with E-state index in [0.717, 1.165) is 23.7 Å². The fourth-order valence-electron chi connectivity index (χ4n) is 2.35. The second kappa shape index (κ2) is 6.46. The Labute approximate surface area is 128 Å². The minimum absolute atomic E-state index is 0.0265. The number of carbonyl (C=O) groups is 1. The molecule has 116 valence electrons. The van der Waals surface area contributed by atoms with Crippen molar-refractivity contribution in [2.75, 3.05) is 13.3 Å². The molecule has 1 aliphatic heterocycles. The Morgan fingerprint density at radius 2 is 2.23 bits per heavy atom. The number of aromatic nitrogens is 3. The van der Waals surface area contributed by atoms with Crippen LogP contribution in [0.5, 0.6) is 11.5 Å². The van der Waals surface area contributed by atoms with Crippen molar-refractivity contribution in [3.63, 3.8) is 0 Å². The lowest BCUT2D eigenvalue weighted by molar-refractivity contribution is -0.120. The molecule has 0 aliphatic carbocycles. The van der Waals surface area contributed by atoms with Crippen LogP contribution >= 0.6 is 0 Å². The summed E-state index contributed by atoms with van der Waals surface area (Å²) >= 11 is 0. The van der Waals surface area contributed by atoms with E-state index in [1.54, 1.807) is 6.33 Å². The highest BCUT2D eigenvalue weighted by Gasteiger charge is 2.14. The maximum absolute atomic E-state index is 12.0. The largest absolute Gasteiger partial charge is 0.454 e. The second-order valence-electron chi connectivity index (χ2n) is 5.00. The number of nitrogens with one attached hydrogen (secondary N) is 1. The van der Waals surface area contributed by atoms with Crippen LogP contribution < -0.4 is 14.8 Å². The number of aryl methyl sites for hydroxylation is 1. The summed E-state index contributed by atoms with van der Waals surface area (Å²) in [5.41, 5.74) is 0.901. The van der Waals surface area contributed by atoms with Gasteiger partial charge in [-0.25, -0.2) is 0 Å². The van der Waals surface area contributed by atoms with Gasteiger partial charge in [-0.3, -0.25) is 4.79 Å². The van der Waals surface area contributed by atoms with E-state index in [1.807, 2.05) is 29.7 Å². The number of carbonyl (C=O) groups excluding carboxylic acids is 1. The molecule has 2 aromatic rings. The van der Waals surface area contributed by atoms with Crippen LogP contribution in [0.25, 0.3) is 0 Å². The van der Waals surface area contributed by atoms with Gasteiger partial charge in [0.2, 0.25) is 12.7 Å². The van der Waals surface area contributed by atoms with Crippen LogP contribution in [0.15, 0.2) is 24.5 Å². The molecule has 0 unspecified atom stereocenters. The van der Waals surface area contributed by atoms with Crippen molar-refractivity contribution < 1.29 is 14.3 Å². The average molecular weight is 302 g/mol. The number of fused-ring (bicyclic) bond motifs is 1. The van der Waals surface area contributed by atoms with Gasteiger partial charge in [0, 0.05) is 19.5 Å². The first-order valence-corrected chi connectivity index (χ1v) is 7.28. The van der Waals surface area contributed by atoms with Gasteiger partial charge in [0.1, 0.15) is 12.2 Å². The first kappa shape index (κ1) is 14.4. The Kier molecular flexibility index (Phi) is 4.22. The van der Waals surface area contributed by atoms with Gasteiger partial charge in [-0.2, -0.15) is 0 Å². The number of amides is 1. The monoisotopic (exact) mass is 302 g/mol. The third-order valence-corrected chi connectivity index (χ3v) is 3.51. The molecular formula is C15H18N4O3. The van der Waals surface area contributed by atoms with Crippen molar-refractivity contribution in [1.29, 1.82) is 0 Å². The summed E-state index contributed by atoms with van der Waals surface area (Å²) in [6.07, 6.45) is 2.68. The Morgan fingerprint density at radius 3 is 3.09 bits per heavy atom.